The monoisotopic (exact) mass is 229 g/mol. The minimum absolute atomic E-state index is 0.569. The summed E-state index contributed by atoms with van der Waals surface area (Å²) in [7, 11) is 0. The molecule has 0 saturated carbocycles. The van der Waals surface area contributed by atoms with Crippen molar-refractivity contribution in [1.82, 2.24) is 5.32 Å². The van der Waals surface area contributed by atoms with Crippen molar-refractivity contribution in [3.63, 3.8) is 0 Å². The van der Waals surface area contributed by atoms with Gasteiger partial charge in [0.2, 0.25) is 0 Å². The maximum atomic E-state index is 5.96. The molecule has 0 unspecified atom stereocenters. The summed E-state index contributed by atoms with van der Waals surface area (Å²) >= 11 is 11.9. The highest BCUT2D eigenvalue weighted by Gasteiger charge is 2.15. The van der Waals surface area contributed by atoms with Crippen LogP contribution in [-0.4, -0.2) is 13.1 Å². The summed E-state index contributed by atoms with van der Waals surface area (Å²) in [6.07, 6.45) is 2.46. The Labute approximate surface area is 94.4 Å². The van der Waals surface area contributed by atoms with E-state index in [-0.39, 0.29) is 0 Å². The molecule has 1 aromatic carbocycles. The summed E-state index contributed by atoms with van der Waals surface area (Å²) in [5.41, 5.74) is 1.26. The van der Waals surface area contributed by atoms with Gasteiger partial charge in [0.25, 0.3) is 0 Å². The van der Waals surface area contributed by atoms with Crippen LogP contribution in [0.2, 0.25) is 10.0 Å². The molecule has 0 bridgehead atoms. The van der Waals surface area contributed by atoms with Crippen LogP contribution in [0.4, 0.5) is 0 Å². The molecule has 1 fully saturated rings. The van der Waals surface area contributed by atoms with Crippen molar-refractivity contribution in [3.05, 3.63) is 33.8 Å². The van der Waals surface area contributed by atoms with Crippen molar-refractivity contribution in [3.8, 4) is 0 Å². The summed E-state index contributed by atoms with van der Waals surface area (Å²) in [5.74, 6) is 0.569. The summed E-state index contributed by atoms with van der Waals surface area (Å²) in [6, 6.07) is 5.82. The Kier molecular flexibility index (Phi) is 3.32. The van der Waals surface area contributed by atoms with Crippen molar-refractivity contribution in [2.45, 2.75) is 18.8 Å². The van der Waals surface area contributed by atoms with Crippen molar-refractivity contribution in [2.75, 3.05) is 13.1 Å². The van der Waals surface area contributed by atoms with Crippen LogP contribution in [-0.2, 0) is 0 Å². The zero-order chi connectivity index (χ0) is 9.97. The second kappa shape index (κ2) is 4.52. The van der Waals surface area contributed by atoms with Crippen LogP contribution in [0.3, 0.4) is 0 Å². The quantitative estimate of drug-likeness (QED) is 0.778. The molecule has 1 nitrogen and oxygen atoms in total. The molecule has 2 rings (SSSR count). The van der Waals surface area contributed by atoms with Gasteiger partial charge in [-0.2, -0.15) is 0 Å². The van der Waals surface area contributed by atoms with Crippen molar-refractivity contribution >= 4 is 23.2 Å². The van der Waals surface area contributed by atoms with E-state index in [4.69, 9.17) is 23.2 Å². The first-order valence-corrected chi connectivity index (χ1v) is 5.68. The molecule has 1 heterocycles. The van der Waals surface area contributed by atoms with Gasteiger partial charge in [0, 0.05) is 16.6 Å². The summed E-state index contributed by atoms with van der Waals surface area (Å²) in [4.78, 5) is 0. The van der Waals surface area contributed by atoms with Crippen LogP contribution in [0, 0.1) is 0 Å². The van der Waals surface area contributed by atoms with Crippen LogP contribution in [0.5, 0.6) is 0 Å². The third kappa shape index (κ3) is 2.41. The molecule has 1 aromatic rings. The Morgan fingerprint density at radius 2 is 1.86 bits per heavy atom. The molecule has 0 aliphatic carbocycles. The normalized spacial score (nSPS) is 22.3. The molecular formula is C11H13Cl2N. The highest BCUT2D eigenvalue weighted by molar-refractivity contribution is 6.34. The van der Waals surface area contributed by atoms with E-state index >= 15 is 0 Å². The maximum Gasteiger partial charge on any atom is 0.0423 e. The van der Waals surface area contributed by atoms with Crippen LogP contribution in [0.15, 0.2) is 18.2 Å². The van der Waals surface area contributed by atoms with Gasteiger partial charge in [-0.15, -0.1) is 0 Å². The van der Waals surface area contributed by atoms with E-state index in [2.05, 4.69) is 5.32 Å². The zero-order valence-electron chi connectivity index (χ0n) is 7.89. The first-order chi connectivity index (χ1) is 6.75. The Bertz CT molecular complexity index is 299. The lowest BCUT2D eigenvalue weighted by Gasteiger charge is -2.23. The van der Waals surface area contributed by atoms with Crippen LogP contribution in [0.25, 0.3) is 0 Å². The highest BCUT2D eigenvalue weighted by atomic mass is 35.5. The SMILES string of the molecule is Clc1cc(Cl)cc([C@@H]2CCCNC2)c1. The minimum atomic E-state index is 0.569. The minimum Gasteiger partial charge on any atom is -0.316 e. The second-order valence-corrected chi connectivity index (χ2v) is 4.62. The third-order valence-electron chi connectivity index (χ3n) is 2.65. The van der Waals surface area contributed by atoms with Crippen LogP contribution in [0.1, 0.15) is 24.3 Å². The van der Waals surface area contributed by atoms with Gasteiger partial charge in [-0.1, -0.05) is 23.2 Å². The maximum absolute atomic E-state index is 5.96. The number of piperidine rings is 1. The average molecular weight is 230 g/mol. The largest absolute Gasteiger partial charge is 0.316 e. The Balaban J connectivity index is 2.21. The number of hydrogen-bond acceptors (Lipinski definition) is 1. The van der Waals surface area contributed by atoms with E-state index in [1.165, 1.54) is 18.4 Å². The molecule has 1 aliphatic rings. The van der Waals surface area contributed by atoms with E-state index in [0.29, 0.717) is 5.92 Å². The fourth-order valence-corrected chi connectivity index (χ4v) is 2.49. The third-order valence-corrected chi connectivity index (χ3v) is 3.09. The smallest absolute Gasteiger partial charge is 0.0423 e. The number of hydrogen-bond donors (Lipinski definition) is 1. The van der Waals surface area contributed by atoms with Gasteiger partial charge in [0.05, 0.1) is 0 Å². The standard InChI is InChI=1S/C11H13Cl2N/c12-10-4-9(5-11(13)6-10)8-2-1-3-14-7-8/h4-6,8,14H,1-3,7H2/t8-/m1/s1. The lowest BCUT2D eigenvalue weighted by Crippen LogP contribution is -2.28. The molecule has 0 amide bonds. The molecule has 3 heteroatoms. The van der Waals surface area contributed by atoms with Gasteiger partial charge in [-0.3, -0.25) is 0 Å². The zero-order valence-corrected chi connectivity index (χ0v) is 9.41. The van der Waals surface area contributed by atoms with Crippen LogP contribution >= 0.6 is 23.2 Å². The van der Waals surface area contributed by atoms with Gasteiger partial charge in [0.1, 0.15) is 0 Å². The summed E-state index contributed by atoms with van der Waals surface area (Å²) < 4.78 is 0. The number of nitrogens with one attached hydrogen (secondary N) is 1. The Morgan fingerprint density at radius 1 is 1.14 bits per heavy atom. The molecule has 14 heavy (non-hydrogen) atoms. The lowest BCUT2D eigenvalue weighted by atomic mass is 9.92. The molecule has 1 N–H and O–H groups in total. The first-order valence-electron chi connectivity index (χ1n) is 4.92. The number of benzene rings is 1. The predicted molar refractivity (Wildman–Crippen MR) is 61.3 cm³/mol. The molecule has 1 aliphatic heterocycles. The van der Waals surface area contributed by atoms with Gasteiger partial charge < -0.3 is 5.32 Å². The molecule has 1 saturated heterocycles. The molecule has 0 spiro atoms. The number of halogens is 2. The van der Waals surface area contributed by atoms with E-state index in [0.717, 1.165) is 23.1 Å². The second-order valence-electron chi connectivity index (χ2n) is 3.75. The van der Waals surface area contributed by atoms with Gasteiger partial charge in [0.15, 0.2) is 0 Å². The van der Waals surface area contributed by atoms with E-state index in [9.17, 15) is 0 Å². The Hall–Kier alpha value is -0.240. The molecular weight excluding hydrogens is 217 g/mol. The van der Waals surface area contributed by atoms with E-state index in [1.54, 1.807) is 6.07 Å². The van der Waals surface area contributed by atoms with Crippen molar-refractivity contribution in [2.24, 2.45) is 0 Å². The molecule has 76 valence electrons. The van der Waals surface area contributed by atoms with Crippen molar-refractivity contribution < 1.29 is 0 Å². The summed E-state index contributed by atoms with van der Waals surface area (Å²) in [5, 5.41) is 4.85. The first kappa shape index (κ1) is 10.3. The summed E-state index contributed by atoms with van der Waals surface area (Å²) in [6.45, 7) is 2.17. The van der Waals surface area contributed by atoms with Crippen LogP contribution < -0.4 is 5.32 Å². The van der Waals surface area contributed by atoms with Crippen molar-refractivity contribution in [1.29, 1.82) is 0 Å². The van der Waals surface area contributed by atoms with Gasteiger partial charge in [-0.25, -0.2) is 0 Å². The topological polar surface area (TPSA) is 12.0 Å². The van der Waals surface area contributed by atoms with E-state index < -0.39 is 0 Å². The average Bonchev–Trinajstić information content (AvgIpc) is 2.18. The fourth-order valence-electron chi connectivity index (χ4n) is 1.95. The van der Waals surface area contributed by atoms with Gasteiger partial charge in [-0.05, 0) is 49.1 Å². The fraction of sp³-hybridized carbons (Fsp3) is 0.455. The lowest BCUT2D eigenvalue weighted by molar-refractivity contribution is 0.461. The molecule has 0 aromatic heterocycles. The predicted octanol–water partition coefficient (Wildman–Crippen LogP) is 3.46. The van der Waals surface area contributed by atoms with E-state index in [1.807, 2.05) is 12.1 Å². The Morgan fingerprint density at radius 3 is 2.43 bits per heavy atom. The molecule has 0 radical (unpaired) electrons. The highest BCUT2D eigenvalue weighted by Crippen LogP contribution is 2.28. The number of rotatable bonds is 1. The molecule has 1 atom stereocenters. The van der Waals surface area contributed by atoms with Gasteiger partial charge >= 0.3 is 0 Å².